The van der Waals surface area contributed by atoms with E-state index in [0.29, 0.717) is 29.7 Å². The van der Waals surface area contributed by atoms with E-state index < -0.39 is 12.0 Å². The van der Waals surface area contributed by atoms with Gasteiger partial charge in [-0.25, -0.2) is 4.68 Å². The molecule has 8 nitrogen and oxygen atoms in total. The molecule has 154 valence electrons. The Balaban J connectivity index is 1.73. The number of hydrogen-bond donors (Lipinski definition) is 2. The van der Waals surface area contributed by atoms with Crippen molar-refractivity contribution in [3.05, 3.63) is 78.3 Å². The molecule has 0 unspecified atom stereocenters. The predicted octanol–water partition coefficient (Wildman–Crippen LogP) is 2.76. The van der Waals surface area contributed by atoms with Crippen molar-refractivity contribution < 1.29 is 14.3 Å². The van der Waals surface area contributed by atoms with Crippen LogP contribution in [0.4, 0.5) is 5.95 Å². The SMILES string of the molecule is C=C1Nc2ncnn2[C@@H](c2cc(OC)ccc2OC)[C@H]1C(=O)NCc1ccccc1. The third-order valence-electron chi connectivity index (χ3n) is 5.15. The first kappa shape index (κ1) is 19.5. The largest absolute Gasteiger partial charge is 0.497 e. The Bertz CT molecular complexity index is 1060. The van der Waals surface area contributed by atoms with Gasteiger partial charge in [-0.1, -0.05) is 36.9 Å². The fourth-order valence-corrected chi connectivity index (χ4v) is 3.67. The molecular formula is C22H23N5O3. The summed E-state index contributed by atoms with van der Waals surface area (Å²) in [5.74, 6) is 0.983. The summed E-state index contributed by atoms with van der Waals surface area (Å²) in [6.45, 7) is 4.51. The van der Waals surface area contributed by atoms with Crippen LogP contribution in [0.5, 0.6) is 11.5 Å². The Morgan fingerprint density at radius 3 is 2.73 bits per heavy atom. The lowest BCUT2D eigenvalue weighted by atomic mass is 9.87. The monoisotopic (exact) mass is 405 g/mol. The molecule has 0 bridgehead atoms. The van der Waals surface area contributed by atoms with Gasteiger partial charge in [0.1, 0.15) is 29.8 Å². The standard InChI is InChI=1S/C22H23N5O3/c1-14-19(21(28)23-12-15-7-5-4-6-8-15)20(27-22(26-14)24-13-25-27)17-11-16(29-2)9-10-18(17)30-3/h4-11,13,19-20H,1,12H2,2-3H3,(H,23,28)(H,24,25,26)/t19-,20-/m0/s1. The lowest BCUT2D eigenvalue weighted by molar-refractivity contribution is -0.125. The van der Waals surface area contributed by atoms with Crippen LogP contribution in [0.25, 0.3) is 0 Å². The molecule has 0 aliphatic carbocycles. The quantitative estimate of drug-likeness (QED) is 0.655. The number of fused-ring (bicyclic) bond motifs is 1. The highest BCUT2D eigenvalue weighted by molar-refractivity contribution is 5.84. The Hall–Kier alpha value is -3.81. The summed E-state index contributed by atoms with van der Waals surface area (Å²) in [5, 5.41) is 10.5. The van der Waals surface area contributed by atoms with Crippen molar-refractivity contribution in [1.29, 1.82) is 0 Å². The van der Waals surface area contributed by atoms with Crippen LogP contribution in [0.2, 0.25) is 0 Å². The van der Waals surface area contributed by atoms with E-state index in [1.165, 1.54) is 6.33 Å². The van der Waals surface area contributed by atoms with E-state index in [9.17, 15) is 4.79 Å². The molecule has 0 fully saturated rings. The summed E-state index contributed by atoms with van der Waals surface area (Å²) in [7, 11) is 3.19. The lowest BCUT2D eigenvalue weighted by Crippen LogP contribution is -2.42. The van der Waals surface area contributed by atoms with Gasteiger partial charge in [0.05, 0.1) is 14.2 Å². The Morgan fingerprint density at radius 1 is 1.20 bits per heavy atom. The maximum absolute atomic E-state index is 13.3. The van der Waals surface area contributed by atoms with E-state index in [4.69, 9.17) is 9.47 Å². The first-order valence-corrected chi connectivity index (χ1v) is 9.51. The summed E-state index contributed by atoms with van der Waals surface area (Å²) in [6, 6.07) is 14.7. The van der Waals surface area contributed by atoms with E-state index in [1.54, 1.807) is 18.9 Å². The second-order valence-corrected chi connectivity index (χ2v) is 6.91. The molecule has 0 radical (unpaired) electrons. The Morgan fingerprint density at radius 2 is 2.00 bits per heavy atom. The minimum absolute atomic E-state index is 0.174. The number of amides is 1. The molecule has 2 aromatic carbocycles. The van der Waals surface area contributed by atoms with Crippen molar-refractivity contribution in [3.63, 3.8) is 0 Å². The lowest BCUT2D eigenvalue weighted by Gasteiger charge is -2.34. The molecule has 1 aliphatic rings. The molecule has 4 rings (SSSR count). The highest BCUT2D eigenvalue weighted by atomic mass is 16.5. The van der Waals surface area contributed by atoms with Crippen molar-refractivity contribution >= 4 is 11.9 Å². The maximum Gasteiger partial charge on any atom is 0.231 e. The zero-order valence-corrected chi connectivity index (χ0v) is 16.8. The summed E-state index contributed by atoms with van der Waals surface area (Å²) >= 11 is 0. The van der Waals surface area contributed by atoms with Gasteiger partial charge in [-0.05, 0) is 23.8 Å². The van der Waals surface area contributed by atoms with Crippen LogP contribution in [0, 0.1) is 5.92 Å². The Kier molecular flexibility index (Phi) is 5.38. The van der Waals surface area contributed by atoms with Gasteiger partial charge in [-0.2, -0.15) is 10.1 Å². The smallest absolute Gasteiger partial charge is 0.231 e. The zero-order chi connectivity index (χ0) is 21.1. The number of aromatic nitrogens is 3. The first-order chi connectivity index (χ1) is 14.6. The predicted molar refractivity (Wildman–Crippen MR) is 112 cm³/mol. The molecule has 2 atom stereocenters. The van der Waals surface area contributed by atoms with E-state index in [0.717, 1.165) is 11.1 Å². The second kappa shape index (κ2) is 8.28. The van der Waals surface area contributed by atoms with E-state index in [-0.39, 0.29) is 5.91 Å². The average molecular weight is 405 g/mol. The molecule has 1 amide bonds. The molecule has 8 heteroatoms. The number of hydrogen-bond acceptors (Lipinski definition) is 6. The third kappa shape index (κ3) is 3.59. The average Bonchev–Trinajstić information content (AvgIpc) is 3.24. The molecule has 30 heavy (non-hydrogen) atoms. The second-order valence-electron chi connectivity index (χ2n) is 6.91. The third-order valence-corrected chi connectivity index (χ3v) is 5.15. The number of anilines is 1. The molecule has 3 aromatic rings. The van der Waals surface area contributed by atoms with Gasteiger partial charge in [0.25, 0.3) is 0 Å². The summed E-state index contributed by atoms with van der Waals surface area (Å²) < 4.78 is 12.7. The number of carbonyl (C=O) groups excluding carboxylic acids is 1. The van der Waals surface area contributed by atoms with Crippen LogP contribution in [0.1, 0.15) is 17.2 Å². The number of rotatable bonds is 6. The van der Waals surface area contributed by atoms with E-state index >= 15 is 0 Å². The summed E-state index contributed by atoms with van der Waals surface area (Å²) in [5.41, 5.74) is 2.30. The van der Waals surface area contributed by atoms with Gasteiger partial charge < -0.3 is 20.1 Å². The molecule has 0 spiro atoms. The maximum atomic E-state index is 13.3. The van der Waals surface area contributed by atoms with Crippen LogP contribution in [0.15, 0.2) is 67.1 Å². The van der Waals surface area contributed by atoms with Crippen LogP contribution in [-0.2, 0) is 11.3 Å². The van der Waals surface area contributed by atoms with Crippen molar-refractivity contribution in [2.75, 3.05) is 19.5 Å². The number of nitrogens with one attached hydrogen (secondary N) is 2. The van der Waals surface area contributed by atoms with Crippen LogP contribution >= 0.6 is 0 Å². The van der Waals surface area contributed by atoms with E-state index in [1.807, 2.05) is 48.5 Å². The number of nitrogens with zero attached hydrogens (tertiary/aromatic N) is 3. The van der Waals surface area contributed by atoms with Gasteiger partial charge in [0.2, 0.25) is 11.9 Å². The number of methoxy groups -OCH3 is 2. The van der Waals surface area contributed by atoms with Crippen molar-refractivity contribution in [3.8, 4) is 11.5 Å². The molecule has 1 aliphatic heterocycles. The van der Waals surface area contributed by atoms with Gasteiger partial charge in [0, 0.05) is 17.8 Å². The highest BCUT2D eigenvalue weighted by Crippen LogP contribution is 2.42. The minimum Gasteiger partial charge on any atom is -0.497 e. The zero-order valence-electron chi connectivity index (χ0n) is 16.8. The minimum atomic E-state index is -0.635. The van der Waals surface area contributed by atoms with Crippen molar-refractivity contribution in [1.82, 2.24) is 20.1 Å². The molecule has 0 saturated heterocycles. The molecular weight excluding hydrogens is 382 g/mol. The number of carbonyl (C=O) groups is 1. The molecule has 2 N–H and O–H groups in total. The number of ether oxygens (including phenoxy) is 2. The summed E-state index contributed by atoms with van der Waals surface area (Å²) in [6.07, 6.45) is 1.44. The van der Waals surface area contributed by atoms with Crippen molar-refractivity contribution in [2.24, 2.45) is 5.92 Å². The van der Waals surface area contributed by atoms with Crippen LogP contribution in [-0.4, -0.2) is 34.9 Å². The van der Waals surface area contributed by atoms with Gasteiger partial charge in [0.15, 0.2) is 0 Å². The fraction of sp³-hybridized carbons (Fsp3) is 0.227. The van der Waals surface area contributed by atoms with Crippen LogP contribution in [0.3, 0.4) is 0 Å². The van der Waals surface area contributed by atoms with Gasteiger partial charge in [-0.15, -0.1) is 0 Å². The van der Waals surface area contributed by atoms with Crippen molar-refractivity contribution in [2.45, 2.75) is 12.6 Å². The first-order valence-electron chi connectivity index (χ1n) is 9.51. The molecule has 1 aromatic heterocycles. The normalized spacial score (nSPS) is 17.6. The number of benzene rings is 2. The topological polar surface area (TPSA) is 90.3 Å². The summed E-state index contributed by atoms with van der Waals surface area (Å²) in [4.78, 5) is 17.6. The molecule has 0 saturated carbocycles. The molecule has 2 heterocycles. The highest BCUT2D eigenvalue weighted by Gasteiger charge is 2.41. The van der Waals surface area contributed by atoms with E-state index in [2.05, 4.69) is 27.3 Å². The van der Waals surface area contributed by atoms with Gasteiger partial charge in [-0.3, -0.25) is 4.79 Å². The van der Waals surface area contributed by atoms with Gasteiger partial charge >= 0.3 is 0 Å². The fourth-order valence-electron chi connectivity index (χ4n) is 3.67. The Labute approximate surface area is 174 Å². The van der Waals surface area contributed by atoms with Crippen LogP contribution < -0.4 is 20.1 Å².